The molecule has 4 aliphatic rings. The number of fused-ring (bicyclic) bond motifs is 22. The number of rotatable bonds is 27. The zero-order valence-electron chi connectivity index (χ0n) is 57.2. The summed E-state index contributed by atoms with van der Waals surface area (Å²) in [5.74, 6) is 0. The molecule has 0 amide bonds. The Morgan fingerprint density at radius 2 is 0.806 bits per heavy atom. The fourth-order valence-electron chi connectivity index (χ4n) is 18.9. The number of pyridine rings is 1. The number of hydrogen-bond acceptors (Lipinski definition) is 4. The van der Waals surface area contributed by atoms with Crippen molar-refractivity contribution in [3.63, 3.8) is 0 Å². The van der Waals surface area contributed by atoms with E-state index in [0.29, 0.717) is 0 Å². The van der Waals surface area contributed by atoms with E-state index in [-0.39, 0.29) is 21.7 Å². The van der Waals surface area contributed by atoms with Gasteiger partial charge in [-0.25, -0.2) is 0 Å². The third-order valence-electron chi connectivity index (χ3n) is 23.5. The third kappa shape index (κ3) is 9.89. The molecular weight excluding hydrogens is 1130 g/mol. The maximum atomic E-state index is 7.59. The standard InChI is InChI=1S/C89H98N2O2/c1-9-13-17-21-31-49-88(50-32-22-18-14-10-2)69-38-28-25-35-63(69)80-81-66-37-27-30-40-76(66)93-85(81)82-64-44-42-61(56-74(64)89(84(82)83(80)88,51-33-23-19-15-11-3)52-34-24-20-16-12-4)91(59-47-53-90-54-48-59)60-41-43-62-67-57-73-68(58-72(67)87(7,8)71(62)55-60)78-70(86(73,5)6)45-46-77-79(78)65-36-26-29-39-75(65)92-77/h25-30,35-48,53-58H,9-24,31-34,49-52H2,1-8H3. The average Bonchev–Trinajstić information content (AvgIpc) is 1.51. The maximum Gasteiger partial charge on any atom is 0.144 e. The normalized spacial score (nSPS) is 15.4. The minimum atomic E-state index is -0.280. The second kappa shape index (κ2) is 24.9. The Morgan fingerprint density at radius 1 is 0.333 bits per heavy atom. The first kappa shape index (κ1) is 61.5. The monoisotopic (exact) mass is 1230 g/mol. The number of para-hydroxylation sites is 2. The molecule has 4 heteroatoms. The summed E-state index contributed by atoms with van der Waals surface area (Å²) in [6, 6.07) is 56.8. The summed E-state index contributed by atoms with van der Waals surface area (Å²) in [5.41, 5.74) is 29.7. The Bertz CT molecular complexity index is 4580. The van der Waals surface area contributed by atoms with Crippen molar-refractivity contribution in [2.45, 2.75) is 231 Å². The molecule has 15 rings (SSSR count). The second-order valence-corrected chi connectivity index (χ2v) is 29.8. The SMILES string of the molecule is CCCCCCCC1(CCCCCCC)c2cc(N(c3ccncc3)c3ccc4c(c3)C(C)(C)c3cc5c(cc3-4)C(C)(C)c3ccc4oc6ccccc6c4c3-5)ccc2-c2c1c1c(c3c2oc2ccccc23)-c2ccccc2C1(CCCCCCC)CCCCCCC. The summed E-state index contributed by atoms with van der Waals surface area (Å²) in [6.45, 7) is 19.2. The van der Waals surface area contributed by atoms with Gasteiger partial charge < -0.3 is 13.7 Å². The molecule has 0 saturated carbocycles. The van der Waals surface area contributed by atoms with E-state index in [0.717, 1.165) is 40.9 Å². The lowest BCUT2D eigenvalue weighted by Gasteiger charge is -2.40. The van der Waals surface area contributed by atoms with Crippen molar-refractivity contribution < 1.29 is 8.83 Å². The molecule has 0 aliphatic heterocycles. The van der Waals surface area contributed by atoms with Crippen LogP contribution in [0.5, 0.6) is 0 Å². The van der Waals surface area contributed by atoms with Gasteiger partial charge in [0.05, 0.1) is 0 Å². The first-order valence-electron chi connectivity index (χ1n) is 36.8. The smallest absolute Gasteiger partial charge is 0.144 e. The molecule has 0 N–H and O–H groups in total. The third-order valence-corrected chi connectivity index (χ3v) is 23.5. The van der Waals surface area contributed by atoms with Crippen molar-refractivity contribution in [3.8, 4) is 44.5 Å². The molecule has 0 fully saturated rings. The van der Waals surface area contributed by atoms with E-state index in [2.05, 4.69) is 211 Å². The molecule has 8 aromatic carbocycles. The molecule has 3 aromatic heterocycles. The van der Waals surface area contributed by atoms with Crippen molar-refractivity contribution in [1.29, 1.82) is 0 Å². The lowest BCUT2D eigenvalue weighted by molar-refractivity contribution is 0.369. The van der Waals surface area contributed by atoms with E-state index in [4.69, 9.17) is 8.83 Å². The van der Waals surface area contributed by atoms with Crippen LogP contribution in [0.1, 0.15) is 254 Å². The fraction of sp³-hybridized carbons (Fsp3) is 0.404. The Balaban J connectivity index is 0.941. The first-order valence-corrected chi connectivity index (χ1v) is 36.8. The number of furan rings is 2. The summed E-state index contributed by atoms with van der Waals surface area (Å²) in [7, 11) is 0. The number of nitrogens with zero attached hydrogens (tertiary/aromatic N) is 2. The van der Waals surface area contributed by atoms with Crippen molar-refractivity contribution in [1.82, 2.24) is 4.98 Å². The molecule has 0 unspecified atom stereocenters. The number of unbranched alkanes of at least 4 members (excludes halogenated alkanes) is 16. The zero-order valence-corrected chi connectivity index (χ0v) is 57.2. The van der Waals surface area contributed by atoms with Gasteiger partial charge in [0, 0.05) is 78.2 Å². The first-order chi connectivity index (χ1) is 45.5. The fourth-order valence-corrected chi connectivity index (χ4v) is 18.9. The summed E-state index contributed by atoms with van der Waals surface area (Å²) >= 11 is 0. The topological polar surface area (TPSA) is 42.4 Å². The second-order valence-electron chi connectivity index (χ2n) is 29.8. The van der Waals surface area contributed by atoms with Crippen LogP contribution in [0.25, 0.3) is 88.4 Å². The maximum absolute atomic E-state index is 7.59. The molecule has 0 spiro atoms. The van der Waals surface area contributed by atoms with Crippen molar-refractivity contribution in [3.05, 3.63) is 202 Å². The Morgan fingerprint density at radius 3 is 1.43 bits per heavy atom. The van der Waals surface area contributed by atoms with Gasteiger partial charge in [-0.2, -0.15) is 0 Å². The van der Waals surface area contributed by atoms with Crippen LogP contribution in [0.15, 0.2) is 167 Å². The molecule has 0 atom stereocenters. The van der Waals surface area contributed by atoms with Crippen molar-refractivity contribution in [2.24, 2.45) is 0 Å². The number of benzene rings is 8. The highest BCUT2D eigenvalue weighted by Crippen LogP contribution is 2.68. The quantitative estimate of drug-likeness (QED) is 0.0481. The van der Waals surface area contributed by atoms with E-state index in [1.54, 1.807) is 16.7 Å². The van der Waals surface area contributed by atoms with Crippen LogP contribution in [-0.2, 0) is 21.7 Å². The van der Waals surface area contributed by atoms with E-state index < -0.39 is 0 Å². The molecule has 4 nitrogen and oxygen atoms in total. The Hall–Kier alpha value is -7.69. The molecule has 93 heavy (non-hydrogen) atoms. The predicted molar refractivity (Wildman–Crippen MR) is 395 cm³/mol. The zero-order chi connectivity index (χ0) is 63.6. The molecular formula is C89H98N2O2. The van der Waals surface area contributed by atoms with E-state index >= 15 is 0 Å². The van der Waals surface area contributed by atoms with E-state index in [1.165, 1.54) is 247 Å². The highest BCUT2D eigenvalue weighted by atomic mass is 16.3. The molecule has 4 aliphatic carbocycles. The average molecular weight is 1230 g/mol. The number of anilines is 3. The van der Waals surface area contributed by atoms with Gasteiger partial charge in [0.25, 0.3) is 0 Å². The van der Waals surface area contributed by atoms with Crippen LogP contribution in [0.3, 0.4) is 0 Å². The van der Waals surface area contributed by atoms with Gasteiger partial charge in [0.1, 0.15) is 22.3 Å². The van der Waals surface area contributed by atoms with Crippen LogP contribution in [0.2, 0.25) is 0 Å². The van der Waals surface area contributed by atoms with Gasteiger partial charge in [-0.05, 0) is 176 Å². The van der Waals surface area contributed by atoms with Crippen LogP contribution in [0.4, 0.5) is 17.1 Å². The van der Waals surface area contributed by atoms with Gasteiger partial charge in [-0.1, -0.05) is 263 Å². The number of hydrogen-bond donors (Lipinski definition) is 0. The van der Waals surface area contributed by atoms with Gasteiger partial charge >= 0.3 is 0 Å². The van der Waals surface area contributed by atoms with Gasteiger partial charge in [0.2, 0.25) is 0 Å². The highest BCUT2D eigenvalue weighted by Gasteiger charge is 2.54. The summed E-state index contributed by atoms with van der Waals surface area (Å²) < 4.78 is 14.2. The van der Waals surface area contributed by atoms with Crippen LogP contribution in [0, 0.1) is 0 Å². The summed E-state index contributed by atoms with van der Waals surface area (Å²) in [4.78, 5) is 7.25. The number of aromatic nitrogens is 1. The molecule has 11 aromatic rings. The molecule has 476 valence electrons. The molecule has 0 radical (unpaired) electrons. The van der Waals surface area contributed by atoms with Crippen molar-refractivity contribution >= 4 is 60.9 Å². The van der Waals surface area contributed by atoms with Crippen LogP contribution in [-0.4, -0.2) is 4.98 Å². The lowest BCUT2D eigenvalue weighted by Crippen LogP contribution is -2.33. The predicted octanol–water partition coefficient (Wildman–Crippen LogP) is 26.9. The lowest BCUT2D eigenvalue weighted by atomic mass is 9.62. The summed E-state index contributed by atoms with van der Waals surface area (Å²) in [5, 5.41) is 5.02. The molecule has 3 heterocycles. The van der Waals surface area contributed by atoms with E-state index in [9.17, 15) is 0 Å². The molecule has 0 saturated heterocycles. The molecule has 0 bridgehead atoms. The largest absolute Gasteiger partial charge is 0.456 e. The Labute approximate surface area is 554 Å². The highest BCUT2D eigenvalue weighted by molar-refractivity contribution is 6.21. The summed E-state index contributed by atoms with van der Waals surface area (Å²) in [6.07, 6.45) is 33.9. The van der Waals surface area contributed by atoms with Gasteiger partial charge in [-0.3, -0.25) is 4.98 Å². The minimum absolute atomic E-state index is 0.126. The van der Waals surface area contributed by atoms with Gasteiger partial charge in [0.15, 0.2) is 0 Å². The van der Waals surface area contributed by atoms with Crippen LogP contribution < -0.4 is 4.90 Å². The minimum Gasteiger partial charge on any atom is -0.456 e. The Kier molecular flexibility index (Phi) is 16.5. The van der Waals surface area contributed by atoms with Gasteiger partial charge in [-0.15, -0.1) is 0 Å². The van der Waals surface area contributed by atoms with Crippen molar-refractivity contribution in [2.75, 3.05) is 4.90 Å². The van der Waals surface area contributed by atoms with E-state index in [1.807, 2.05) is 12.4 Å². The van der Waals surface area contributed by atoms with Crippen LogP contribution >= 0.6 is 0 Å².